The van der Waals surface area contributed by atoms with Crippen molar-refractivity contribution in [2.45, 2.75) is 45.8 Å². The van der Waals surface area contributed by atoms with E-state index in [1.54, 1.807) is 6.92 Å². The van der Waals surface area contributed by atoms with E-state index >= 15 is 0 Å². The monoisotopic (exact) mass is 249 g/mol. The molecule has 1 fully saturated rings. The van der Waals surface area contributed by atoms with Crippen LogP contribution in [0.2, 0.25) is 0 Å². The Morgan fingerprint density at radius 1 is 1.38 bits per heavy atom. The van der Waals surface area contributed by atoms with Gasteiger partial charge >= 0.3 is 0 Å². The first kappa shape index (κ1) is 15.7. The zero-order valence-corrected chi connectivity index (χ0v) is 11.4. The zero-order valence-electron chi connectivity index (χ0n) is 10.6. The van der Waals surface area contributed by atoms with E-state index in [1.807, 2.05) is 0 Å². The molecule has 1 aliphatic heterocycles. The Labute approximate surface area is 104 Å². The molecule has 1 heterocycles. The molecule has 1 rings (SSSR count). The van der Waals surface area contributed by atoms with Gasteiger partial charge in [0, 0.05) is 25.2 Å². The van der Waals surface area contributed by atoms with E-state index in [9.17, 15) is 4.79 Å². The molecule has 3 atom stereocenters. The van der Waals surface area contributed by atoms with Gasteiger partial charge in [0.05, 0.1) is 6.04 Å². The van der Waals surface area contributed by atoms with Crippen molar-refractivity contribution < 1.29 is 4.79 Å². The molecule has 0 bridgehead atoms. The van der Waals surface area contributed by atoms with Gasteiger partial charge in [0.2, 0.25) is 5.91 Å². The van der Waals surface area contributed by atoms with Crippen LogP contribution in [0.15, 0.2) is 0 Å². The summed E-state index contributed by atoms with van der Waals surface area (Å²) < 4.78 is 0. The SMILES string of the molecule is CC(N)C(=O)NC1CN(C(C)C)CC1C.Cl. The summed E-state index contributed by atoms with van der Waals surface area (Å²) in [6, 6.07) is 0.390. The molecule has 0 aromatic rings. The predicted molar refractivity (Wildman–Crippen MR) is 68.7 cm³/mol. The van der Waals surface area contributed by atoms with Crippen molar-refractivity contribution in [3.8, 4) is 0 Å². The van der Waals surface area contributed by atoms with Crippen molar-refractivity contribution in [1.29, 1.82) is 0 Å². The second-order valence-corrected chi connectivity index (χ2v) is 4.93. The smallest absolute Gasteiger partial charge is 0.236 e. The van der Waals surface area contributed by atoms with Crippen LogP contribution in [0, 0.1) is 5.92 Å². The molecule has 16 heavy (non-hydrogen) atoms. The average Bonchev–Trinajstić information content (AvgIpc) is 2.47. The minimum Gasteiger partial charge on any atom is -0.350 e. The van der Waals surface area contributed by atoms with Crippen molar-refractivity contribution in [2.75, 3.05) is 13.1 Å². The van der Waals surface area contributed by atoms with Gasteiger partial charge in [-0.3, -0.25) is 9.69 Å². The van der Waals surface area contributed by atoms with Crippen molar-refractivity contribution >= 4 is 18.3 Å². The molecule has 96 valence electrons. The van der Waals surface area contributed by atoms with Crippen molar-refractivity contribution in [2.24, 2.45) is 11.7 Å². The van der Waals surface area contributed by atoms with E-state index < -0.39 is 6.04 Å². The number of nitrogens with one attached hydrogen (secondary N) is 1. The molecule has 5 heteroatoms. The molecule has 1 saturated heterocycles. The van der Waals surface area contributed by atoms with Crippen LogP contribution in [-0.4, -0.2) is 42.0 Å². The Bertz CT molecular complexity index is 233. The molecule has 0 aromatic heterocycles. The van der Waals surface area contributed by atoms with Crippen molar-refractivity contribution in [3.05, 3.63) is 0 Å². The molecule has 0 radical (unpaired) electrons. The van der Waals surface area contributed by atoms with Gasteiger partial charge in [-0.15, -0.1) is 12.4 Å². The molecule has 1 amide bonds. The Morgan fingerprint density at radius 2 is 1.94 bits per heavy atom. The summed E-state index contributed by atoms with van der Waals surface area (Å²) in [6.07, 6.45) is 0. The molecule has 0 aliphatic carbocycles. The number of hydrogen-bond donors (Lipinski definition) is 2. The third-order valence-electron chi connectivity index (χ3n) is 3.11. The second-order valence-electron chi connectivity index (χ2n) is 4.93. The first-order valence-electron chi connectivity index (χ1n) is 5.71. The number of amides is 1. The number of rotatable bonds is 3. The number of likely N-dealkylation sites (tertiary alicyclic amines) is 1. The highest BCUT2D eigenvalue weighted by Crippen LogP contribution is 2.18. The first-order chi connectivity index (χ1) is 6.91. The number of nitrogens with two attached hydrogens (primary N) is 1. The lowest BCUT2D eigenvalue weighted by molar-refractivity contribution is -0.122. The number of hydrogen-bond acceptors (Lipinski definition) is 3. The molecule has 4 nitrogen and oxygen atoms in total. The average molecular weight is 250 g/mol. The highest BCUT2D eigenvalue weighted by atomic mass is 35.5. The molecule has 3 N–H and O–H groups in total. The first-order valence-corrected chi connectivity index (χ1v) is 5.71. The Hall–Kier alpha value is -0.320. The van der Waals surface area contributed by atoms with E-state index in [4.69, 9.17) is 5.73 Å². The van der Waals surface area contributed by atoms with E-state index in [1.165, 1.54) is 0 Å². The number of halogens is 1. The van der Waals surface area contributed by atoms with Crippen LogP contribution < -0.4 is 11.1 Å². The highest BCUT2D eigenvalue weighted by molar-refractivity contribution is 5.85. The Kier molecular flexibility index (Phi) is 6.30. The topological polar surface area (TPSA) is 58.4 Å². The van der Waals surface area contributed by atoms with Crippen LogP contribution in [0.5, 0.6) is 0 Å². The molecule has 0 aromatic carbocycles. The van der Waals surface area contributed by atoms with Crippen LogP contribution in [0.25, 0.3) is 0 Å². The fraction of sp³-hybridized carbons (Fsp3) is 0.909. The molecule has 3 unspecified atom stereocenters. The maximum absolute atomic E-state index is 11.5. The lowest BCUT2D eigenvalue weighted by atomic mass is 10.1. The minimum absolute atomic E-state index is 0. The van der Waals surface area contributed by atoms with Crippen LogP contribution >= 0.6 is 12.4 Å². The molecule has 1 aliphatic rings. The van der Waals surface area contributed by atoms with Gasteiger partial charge in [-0.25, -0.2) is 0 Å². The van der Waals surface area contributed by atoms with E-state index in [2.05, 4.69) is 31.0 Å². The fourth-order valence-electron chi connectivity index (χ4n) is 1.93. The minimum atomic E-state index is -0.412. The standard InChI is InChI=1S/C11H23N3O.ClH/c1-7(2)14-5-8(3)10(6-14)13-11(15)9(4)12;/h7-10H,5-6,12H2,1-4H3,(H,13,15);1H. The maximum atomic E-state index is 11.5. The normalized spacial score (nSPS) is 27.6. The maximum Gasteiger partial charge on any atom is 0.236 e. The molecular formula is C11H24ClN3O. The van der Waals surface area contributed by atoms with Gasteiger partial charge in [-0.05, 0) is 26.7 Å². The van der Waals surface area contributed by atoms with Gasteiger partial charge in [-0.2, -0.15) is 0 Å². The predicted octanol–water partition coefficient (Wildman–Crippen LogP) is 0.600. The zero-order chi connectivity index (χ0) is 11.6. The van der Waals surface area contributed by atoms with E-state index in [0.29, 0.717) is 12.0 Å². The van der Waals surface area contributed by atoms with Gasteiger partial charge in [0.15, 0.2) is 0 Å². The molecular weight excluding hydrogens is 226 g/mol. The van der Waals surface area contributed by atoms with Crippen molar-refractivity contribution in [3.63, 3.8) is 0 Å². The second kappa shape index (κ2) is 6.42. The molecule has 0 saturated carbocycles. The third kappa shape index (κ3) is 3.92. The summed E-state index contributed by atoms with van der Waals surface area (Å²) in [5.41, 5.74) is 5.53. The van der Waals surface area contributed by atoms with Crippen molar-refractivity contribution in [1.82, 2.24) is 10.2 Å². The van der Waals surface area contributed by atoms with Crippen LogP contribution in [0.4, 0.5) is 0 Å². The summed E-state index contributed by atoms with van der Waals surface area (Å²) in [4.78, 5) is 13.9. The number of carbonyl (C=O) groups is 1. The summed E-state index contributed by atoms with van der Waals surface area (Å²) in [5, 5.41) is 3.01. The largest absolute Gasteiger partial charge is 0.350 e. The van der Waals surface area contributed by atoms with E-state index in [0.717, 1.165) is 13.1 Å². The molecule has 0 spiro atoms. The summed E-state index contributed by atoms with van der Waals surface area (Å²) in [7, 11) is 0. The Morgan fingerprint density at radius 3 is 2.31 bits per heavy atom. The fourth-order valence-corrected chi connectivity index (χ4v) is 1.93. The van der Waals surface area contributed by atoms with Gasteiger partial charge in [-0.1, -0.05) is 6.92 Å². The lowest BCUT2D eigenvalue weighted by Gasteiger charge is -2.20. The van der Waals surface area contributed by atoms with Crippen LogP contribution in [0.3, 0.4) is 0 Å². The van der Waals surface area contributed by atoms with E-state index in [-0.39, 0.29) is 24.4 Å². The number of carbonyl (C=O) groups excluding carboxylic acids is 1. The summed E-state index contributed by atoms with van der Waals surface area (Å²) in [6.45, 7) is 10.3. The van der Waals surface area contributed by atoms with Gasteiger partial charge in [0.1, 0.15) is 0 Å². The summed E-state index contributed by atoms with van der Waals surface area (Å²) >= 11 is 0. The van der Waals surface area contributed by atoms with Gasteiger partial charge < -0.3 is 11.1 Å². The Balaban J connectivity index is 0.00000225. The summed E-state index contributed by atoms with van der Waals surface area (Å²) in [5.74, 6) is 0.465. The lowest BCUT2D eigenvalue weighted by Crippen LogP contribution is -2.47. The quantitative estimate of drug-likeness (QED) is 0.770. The van der Waals surface area contributed by atoms with Crippen LogP contribution in [-0.2, 0) is 4.79 Å². The third-order valence-corrected chi connectivity index (χ3v) is 3.11. The van der Waals surface area contributed by atoms with Crippen LogP contribution in [0.1, 0.15) is 27.7 Å². The van der Waals surface area contributed by atoms with Gasteiger partial charge in [0.25, 0.3) is 0 Å². The highest BCUT2D eigenvalue weighted by Gasteiger charge is 2.32. The number of nitrogens with zero attached hydrogens (tertiary/aromatic N) is 1.